The minimum atomic E-state index is -2.22. The zero-order valence-electron chi connectivity index (χ0n) is 20.1. The molecule has 2 N–H and O–H groups in total. The molecule has 2 aliphatic rings. The van der Waals surface area contributed by atoms with Crippen LogP contribution in [-0.2, 0) is 14.5 Å². The third-order valence-electron chi connectivity index (χ3n) is 6.53. The van der Waals surface area contributed by atoms with E-state index in [0.29, 0.717) is 34.2 Å². The molecule has 3 aromatic rings. The Balaban J connectivity index is 1.47. The van der Waals surface area contributed by atoms with Crippen LogP contribution in [0.5, 0.6) is 5.75 Å². The fourth-order valence-electron chi connectivity index (χ4n) is 4.68. The summed E-state index contributed by atoms with van der Waals surface area (Å²) >= 11 is 0. The number of rotatable bonds is 5. The van der Waals surface area contributed by atoms with Crippen LogP contribution in [0.2, 0.25) is 0 Å². The quantitative estimate of drug-likeness (QED) is 0.534. The maximum atomic E-state index is 14.1. The Hall–Kier alpha value is -3.31. The molecule has 9 nitrogen and oxygen atoms in total. The van der Waals surface area contributed by atoms with Crippen LogP contribution in [0.15, 0.2) is 41.0 Å². The molecule has 0 radical (unpaired) electrons. The van der Waals surface area contributed by atoms with Crippen molar-refractivity contribution in [2.24, 2.45) is 4.36 Å². The van der Waals surface area contributed by atoms with Crippen molar-refractivity contribution in [3.05, 3.63) is 48.0 Å². The van der Waals surface area contributed by atoms with Gasteiger partial charge in [0.05, 0.1) is 39.7 Å². The second kappa shape index (κ2) is 9.62. The Bertz CT molecular complexity index is 1440. The van der Waals surface area contributed by atoms with E-state index >= 15 is 0 Å². The van der Waals surface area contributed by atoms with Crippen LogP contribution in [-0.4, -0.2) is 66.9 Å². The number of anilines is 2. The Morgan fingerprint density at radius 1 is 1.22 bits per heavy atom. The van der Waals surface area contributed by atoms with Crippen molar-refractivity contribution in [3.8, 4) is 5.75 Å². The highest BCUT2D eigenvalue weighted by molar-refractivity contribution is 7.93. The highest BCUT2D eigenvalue weighted by atomic mass is 32.2. The van der Waals surface area contributed by atoms with Crippen molar-refractivity contribution >= 4 is 43.7 Å². The van der Waals surface area contributed by atoms with E-state index in [1.807, 2.05) is 13.0 Å². The SMILES string of the molecule is CC(=O)N1C[C@@H](O)[C@H](Oc2cc(F)ccc2Nc2ncnc3cc(N=S4(=O)CCCC4)cc(C)c23)C1. The van der Waals surface area contributed by atoms with E-state index in [-0.39, 0.29) is 24.7 Å². The van der Waals surface area contributed by atoms with Gasteiger partial charge in [0, 0.05) is 29.9 Å². The molecule has 0 bridgehead atoms. The molecule has 0 aliphatic carbocycles. The summed E-state index contributed by atoms with van der Waals surface area (Å²) in [5.74, 6) is 1.26. The zero-order chi connectivity index (χ0) is 25.4. The first kappa shape index (κ1) is 24.4. The largest absolute Gasteiger partial charge is 0.483 e. The lowest BCUT2D eigenvalue weighted by Gasteiger charge is -2.20. The number of ether oxygens (including phenoxy) is 1. The van der Waals surface area contributed by atoms with Gasteiger partial charge >= 0.3 is 0 Å². The van der Waals surface area contributed by atoms with Gasteiger partial charge in [0.2, 0.25) is 5.91 Å². The van der Waals surface area contributed by atoms with E-state index in [4.69, 9.17) is 4.74 Å². The first-order valence-electron chi connectivity index (χ1n) is 11.9. The number of nitrogens with zero attached hydrogens (tertiary/aromatic N) is 4. The van der Waals surface area contributed by atoms with Gasteiger partial charge in [0.15, 0.2) is 0 Å². The summed E-state index contributed by atoms with van der Waals surface area (Å²) in [6.45, 7) is 3.70. The molecule has 36 heavy (non-hydrogen) atoms. The Labute approximate surface area is 208 Å². The monoisotopic (exact) mass is 513 g/mol. The highest BCUT2D eigenvalue weighted by Gasteiger charge is 2.35. The summed E-state index contributed by atoms with van der Waals surface area (Å²) in [5.41, 5.74) is 2.57. The molecule has 2 aromatic carbocycles. The normalized spacial score (nSPS) is 21.1. The van der Waals surface area contributed by atoms with Crippen LogP contribution in [0.1, 0.15) is 25.3 Å². The number of carbonyl (C=O) groups excluding carboxylic acids is 1. The number of aliphatic hydroxyl groups is 1. The number of hydrogen-bond acceptors (Lipinski definition) is 8. The molecule has 2 fully saturated rings. The van der Waals surface area contributed by atoms with Gasteiger partial charge in [-0.15, -0.1) is 0 Å². The second-order valence-electron chi connectivity index (χ2n) is 9.27. The number of halogens is 1. The summed E-state index contributed by atoms with van der Waals surface area (Å²) in [7, 11) is -2.22. The number of amides is 1. The van der Waals surface area contributed by atoms with Crippen LogP contribution >= 0.6 is 0 Å². The predicted molar refractivity (Wildman–Crippen MR) is 136 cm³/mol. The topological polar surface area (TPSA) is 117 Å². The smallest absolute Gasteiger partial charge is 0.219 e. The summed E-state index contributed by atoms with van der Waals surface area (Å²) in [6, 6.07) is 7.74. The van der Waals surface area contributed by atoms with Gasteiger partial charge in [-0.2, -0.15) is 4.36 Å². The molecule has 2 atom stereocenters. The summed E-state index contributed by atoms with van der Waals surface area (Å²) in [6.07, 6.45) is 1.69. The summed E-state index contributed by atoms with van der Waals surface area (Å²) in [5, 5.41) is 14.3. The van der Waals surface area contributed by atoms with E-state index in [9.17, 15) is 18.5 Å². The molecule has 0 saturated carbocycles. The first-order chi connectivity index (χ1) is 17.2. The first-order valence-corrected chi connectivity index (χ1v) is 13.7. The number of β-amino-alcohol motifs (C(OH)–C–C–N with tert-alkyl or cyclic N) is 1. The Morgan fingerprint density at radius 2 is 2.00 bits per heavy atom. The van der Waals surface area contributed by atoms with Gasteiger partial charge < -0.3 is 20.1 Å². The fourth-order valence-corrected chi connectivity index (χ4v) is 6.87. The van der Waals surface area contributed by atoms with Crippen molar-refractivity contribution in [2.45, 2.75) is 38.9 Å². The van der Waals surface area contributed by atoms with Crippen LogP contribution in [0.25, 0.3) is 10.9 Å². The van der Waals surface area contributed by atoms with E-state index in [0.717, 1.165) is 23.8 Å². The van der Waals surface area contributed by atoms with Crippen LogP contribution in [0.3, 0.4) is 0 Å². The van der Waals surface area contributed by atoms with Crippen LogP contribution in [0, 0.1) is 12.7 Å². The minimum absolute atomic E-state index is 0.160. The standard InChI is InChI=1S/C25H28FN5O4S/c1-15-9-18(30-36(34)7-3-4-8-36)11-20-24(15)25(28-14-27-20)29-19-6-5-17(26)10-22(19)35-23-13-31(16(2)32)12-21(23)33/h5-6,9-11,14,21,23,33H,3-4,7-8,12-13H2,1-2H3,(H,27,28,29)/t21-,23-/m1/s1. The fraction of sp³-hybridized carbons (Fsp3) is 0.400. The molecule has 11 heteroatoms. The number of likely N-dealkylation sites (tertiary alicyclic amines) is 1. The van der Waals surface area contributed by atoms with E-state index in [2.05, 4.69) is 19.6 Å². The van der Waals surface area contributed by atoms with Crippen molar-refractivity contribution in [1.82, 2.24) is 14.9 Å². The molecular formula is C25H28FN5O4S. The summed E-state index contributed by atoms with van der Waals surface area (Å²) < 4.78 is 37.5. The van der Waals surface area contributed by atoms with Crippen LogP contribution < -0.4 is 10.1 Å². The van der Waals surface area contributed by atoms with Crippen molar-refractivity contribution in [2.75, 3.05) is 29.9 Å². The number of hydrogen-bond donors (Lipinski definition) is 2. The number of carbonyl (C=O) groups is 1. The van der Waals surface area contributed by atoms with Gasteiger partial charge in [0.25, 0.3) is 0 Å². The molecule has 2 aliphatic heterocycles. The van der Waals surface area contributed by atoms with Crippen LogP contribution in [0.4, 0.5) is 21.6 Å². The molecule has 0 unspecified atom stereocenters. The number of aryl methyl sites for hydroxylation is 1. The lowest BCUT2D eigenvalue weighted by Crippen LogP contribution is -2.30. The van der Waals surface area contributed by atoms with Gasteiger partial charge in [-0.05, 0) is 49.6 Å². The third kappa shape index (κ3) is 4.98. The zero-order valence-corrected chi connectivity index (χ0v) is 20.9. The van der Waals surface area contributed by atoms with E-state index in [1.165, 1.54) is 36.4 Å². The average molecular weight is 514 g/mol. The lowest BCUT2D eigenvalue weighted by atomic mass is 10.1. The number of nitrogens with one attached hydrogen (secondary N) is 1. The number of aliphatic hydroxyl groups excluding tert-OH is 1. The van der Waals surface area contributed by atoms with Gasteiger partial charge in [-0.3, -0.25) is 4.79 Å². The lowest BCUT2D eigenvalue weighted by molar-refractivity contribution is -0.128. The molecule has 1 amide bonds. The predicted octanol–water partition coefficient (Wildman–Crippen LogP) is 3.68. The maximum Gasteiger partial charge on any atom is 0.219 e. The molecule has 3 heterocycles. The molecular weight excluding hydrogens is 485 g/mol. The third-order valence-corrected chi connectivity index (χ3v) is 8.92. The second-order valence-corrected chi connectivity index (χ2v) is 11.8. The van der Waals surface area contributed by atoms with Crippen molar-refractivity contribution in [3.63, 3.8) is 0 Å². The Kier molecular flexibility index (Phi) is 6.52. The van der Waals surface area contributed by atoms with Gasteiger partial charge in [0.1, 0.15) is 35.9 Å². The van der Waals surface area contributed by atoms with E-state index in [1.54, 1.807) is 6.07 Å². The van der Waals surface area contributed by atoms with E-state index < -0.39 is 27.8 Å². The molecule has 5 rings (SSSR count). The molecule has 2 saturated heterocycles. The Morgan fingerprint density at radius 3 is 2.72 bits per heavy atom. The number of fused-ring (bicyclic) bond motifs is 1. The highest BCUT2D eigenvalue weighted by Crippen LogP contribution is 2.35. The number of aromatic nitrogens is 2. The molecule has 1 aromatic heterocycles. The number of benzene rings is 2. The maximum absolute atomic E-state index is 14.1. The van der Waals surface area contributed by atoms with Crippen molar-refractivity contribution < 1.29 is 23.2 Å². The average Bonchev–Trinajstić information content (AvgIpc) is 3.41. The van der Waals surface area contributed by atoms with Gasteiger partial charge in [-0.25, -0.2) is 18.6 Å². The minimum Gasteiger partial charge on any atom is -0.483 e. The molecule has 190 valence electrons. The summed E-state index contributed by atoms with van der Waals surface area (Å²) in [4.78, 5) is 22.0. The van der Waals surface area contributed by atoms with Gasteiger partial charge in [-0.1, -0.05) is 0 Å². The van der Waals surface area contributed by atoms with Crippen molar-refractivity contribution in [1.29, 1.82) is 0 Å². The molecule has 0 spiro atoms.